The summed E-state index contributed by atoms with van der Waals surface area (Å²) in [5.74, 6) is -0.592. The molecule has 37 heavy (non-hydrogen) atoms. The number of nitrogens with zero attached hydrogens (tertiary/aromatic N) is 4. The van der Waals surface area contributed by atoms with Gasteiger partial charge < -0.3 is 9.47 Å². The molecule has 0 radical (unpaired) electrons. The highest BCUT2D eigenvalue weighted by atomic mass is 79.9. The highest BCUT2D eigenvalue weighted by molar-refractivity contribution is 9.10. The van der Waals surface area contributed by atoms with Crippen molar-refractivity contribution in [3.63, 3.8) is 0 Å². The topological polar surface area (TPSA) is 126 Å². The average Bonchev–Trinajstić information content (AvgIpc) is 2.87. The van der Waals surface area contributed by atoms with E-state index in [-0.39, 0.29) is 28.9 Å². The number of aromatic nitrogens is 2. The zero-order chi connectivity index (χ0) is 26.5. The molecular weight excluding hydrogens is 544 g/mol. The van der Waals surface area contributed by atoms with Crippen LogP contribution in [0.15, 0.2) is 81.1 Å². The van der Waals surface area contributed by atoms with Gasteiger partial charge in [0, 0.05) is 21.7 Å². The van der Waals surface area contributed by atoms with Crippen LogP contribution in [-0.2, 0) is 9.53 Å². The molecule has 10 nitrogen and oxygen atoms in total. The van der Waals surface area contributed by atoms with Crippen LogP contribution in [0.2, 0.25) is 0 Å². The third-order valence-electron chi connectivity index (χ3n) is 5.06. The smallest absolute Gasteiger partial charge is 0.344 e. The van der Waals surface area contributed by atoms with Crippen LogP contribution in [-0.4, -0.2) is 39.5 Å². The molecule has 0 unspecified atom stereocenters. The minimum Gasteiger partial charge on any atom is -0.474 e. The van der Waals surface area contributed by atoms with Crippen LogP contribution >= 0.6 is 15.9 Å². The normalized spacial score (nSPS) is 11.2. The standard InChI is InChI=1S/C26H21BrN4O6/c1-16(2)37-23(32)15-36-24-18(12-19(27)13-22(24)31(34)35)14-28-30-25(17-8-4-3-5-9-17)29-21-11-7-6-10-20(21)26(30)33/h3-14,16H,15H2,1-2H3. The second kappa shape index (κ2) is 11.1. The zero-order valence-electron chi connectivity index (χ0n) is 19.8. The highest BCUT2D eigenvalue weighted by Gasteiger charge is 2.22. The Hall–Kier alpha value is -4.38. The number of nitro groups is 1. The molecule has 0 aliphatic heterocycles. The summed E-state index contributed by atoms with van der Waals surface area (Å²) < 4.78 is 12.1. The second-order valence-electron chi connectivity index (χ2n) is 8.11. The van der Waals surface area contributed by atoms with Crippen molar-refractivity contribution in [1.82, 2.24) is 9.66 Å². The molecule has 0 fully saturated rings. The number of ether oxygens (including phenoxy) is 2. The summed E-state index contributed by atoms with van der Waals surface area (Å²) in [7, 11) is 0. The molecule has 0 saturated heterocycles. The van der Waals surface area contributed by atoms with Crippen LogP contribution in [0.3, 0.4) is 0 Å². The van der Waals surface area contributed by atoms with Gasteiger partial charge in [-0.05, 0) is 32.0 Å². The van der Waals surface area contributed by atoms with Gasteiger partial charge in [-0.3, -0.25) is 14.9 Å². The van der Waals surface area contributed by atoms with E-state index in [2.05, 4.69) is 26.0 Å². The van der Waals surface area contributed by atoms with Gasteiger partial charge in [0.25, 0.3) is 5.56 Å². The van der Waals surface area contributed by atoms with Gasteiger partial charge in [0.2, 0.25) is 5.75 Å². The minimum atomic E-state index is -0.684. The number of rotatable bonds is 8. The number of hydrogen-bond donors (Lipinski definition) is 0. The van der Waals surface area contributed by atoms with Gasteiger partial charge in [-0.2, -0.15) is 9.78 Å². The summed E-state index contributed by atoms with van der Waals surface area (Å²) in [6, 6.07) is 18.7. The summed E-state index contributed by atoms with van der Waals surface area (Å²) >= 11 is 3.26. The van der Waals surface area contributed by atoms with Crippen LogP contribution in [0, 0.1) is 10.1 Å². The Morgan fingerprint density at radius 3 is 2.57 bits per heavy atom. The number of fused-ring (bicyclic) bond motifs is 1. The van der Waals surface area contributed by atoms with Crippen LogP contribution < -0.4 is 10.3 Å². The Labute approximate surface area is 219 Å². The van der Waals surface area contributed by atoms with E-state index in [1.165, 1.54) is 18.3 Å². The summed E-state index contributed by atoms with van der Waals surface area (Å²) in [5, 5.41) is 16.5. The van der Waals surface area contributed by atoms with Crippen molar-refractivity contribution in [3.8, 4) is 17.1 Å². The molecule has 4 rings (SSSR count). The first kappa shape index (κ1) is 25.7. The maximum atomic E-state index is 13.4. The van der Waals surface area contributed by atoms with E-state index in [9.17, 15) is 19.7 Å². The maximum Gasteiger partial charge on any atom is 0.344 e. The predicted octanol–water partition coefficient (Wildman–Crippen LogP) is 4.95. The molecule has 11 heteroatoms. The Balaban J connectivity index is 1.85. The second-order valence-corrected chi connectivity index (χ2v) is 9.02. The third-order valence-corrected chi connectivity index (χ3v) is 5.52. The molecule has 0 N–H and O–H groups in total. The number of para-hydroxylation sites is 1. The van der Waals surface area contributed by atoms with E-state index in [1.807, 2.05) is 18.2 Å². The van der Waals surface area contributed by atoms with E-state index in [0.717, 1.165) is 4.68 Å². The van der Waals surface area contributed by atoms with Crippen LogP contribution in [0.25, 0.3) is 22.3 Å². The van der Waals surface area contributed by atoms with Crippen molar-refractivity contribution in [3.05, 3.63) is 97.2 Å². The van der Waals surface area contributed by atoms with Gasteiger partial charge in [-0.1, -0.05) is 58.4 Å². The Kier molecular flexibility index (Phi) is 7.73. The molecule has 0 amide bonds. The van der Waals surface area contributed by atoms with Gasteiger partial charge >= 0.3 is 11.7 Å². The SMILES string of the molecule is CC(C)OC(=O)COc1c(C=Nn2c(-c3ccccc3)nc3ccccc3c2=O)cc(Br)cc1[N+](=O)[O-]. The van der Waals surface area contributed by atoms with Gasteiger partial charge in [-0.25, -0.2) is 9.78 Å². The molecule has 4 aromatic rings. The molecule has 1 aromatic heterocycles. The minimum absolute atomic E-state index is 0.164. The van der Waals surface area contributed by atoms with Crippen LogP contribution in [0.5, 0.6) is 5.75 Å². The Morgan fingerprint density at radius 1 is 1.16 bits per heavy atom. The number of carbonyl (C=O) groups excluding carboxylic acids is 1. The van der Waals surface area contributed by atoms with Crippen molar-refractivity contribution < 1.29 is 19.2 Å². The Bertz CT molecular complexity index is 1570. The van der Waals surface area contributed by atoms with E-state index in [1.54, 1.807) is 50.2 Å². The molecular formula is C26H21BrN4O6. The molecule has 0 bridgehead atoms. The first-order valence-corrected chi connectivity index (χ1v) is 12.0. The van der Waals surface area contributed by atoms with Crippen molar-refractivity contribution in [2.24, 2.45) is 5.10 Å². The number of nitro benzene ring substituents is 1. The first-order chi connectivity index (χ1) is 17.7. The third kappa shape index (κ3) is 5.89. The van der Waals surface area contributed by atoms with E-state index < -0.39 is 23.1 Å². The van der Waals surface area contributed by atoms with Gasteiger partial charge in [0.05, 0.1) is 28.1 Å². The zero-order valence-corrected chi connectivity index (χ0v) is 21.4. The number of hydrogen-bond acceptors (Lipinski definition) is 8. The number of benzene rings is 3. The number of carbonyl (C=O) groups is 1. The van der Waals surface area contributed by atoms with Crippen molar-refractivity contribution in [1.29, 1.82) is 0 Å². The van der Waals surface area contributed by atoms with Crippen molar-refractivity contribution >= 4 is 44.7 Å². The number of halogens is 1. The maximum absolute atomic E-state index is 13.4. The fourth-order valence-electron chi connectivity index (χ4n) is 3.54. The summed E-state index contributed by atoms with van der Waals surface area (Å²) in [6.45, 7) is 2.81. The predicted molar refractivity (Wildman–Crippen MR) is 142 cm³/mol. The molecule has 1 heterocycles. The summed E-state index contributed by atoms with van der Waals surface area (Å²) in [6.07, 6.45) is 0.881. The van der Waals surface area contributed by atoms with E-state index in [4.69, 9.17) is 9.47 Å². The van der Waals surface area contributed by atoms with Gasteiger partial charge in [-0.15, -0.1) is 0 Å². The van der Waals surface area contributed by atoms with E-state index in [0.29, 0.717) is 20.9 Å². The summed E-state index contributed by atoms with van der Waals surface area (Å²) in [5.41, 5.74) is 0.505. The van der Waals surface area contributed by atoms with Crippen molar-refractivity contribution in [2.45, 2.75) is 20.0 Å². The molecule has 0 saturated carbocycles. The fourth-order valence-corrected chi connectivity index (χ4v) is 4.00. The molecule has 188 valence electrons. The average molecular weight is 565 g/mol. The largest absolute Gasteiger partial charge is 0.474 e. The quantitative estimate of drug-likeness (QED) is 0.128. The summed E-state index contributed by atoms with van der Waals surface area (Å²) in [4.78, 5) is 41.1. The lowest BCUT2D eigenvalue weighted by atomic mass is 10.2. The lowest BCUT2D eigenvalue weighted by Gasteiger charge is -2.12. The molecule has 3 aromatic carbocycles. The lowest BCUT2D eigenvalue weighted by molar-refractivity contribution is -0.385. The molecule has 0 aliphatic carbocycles. The monoisotopic (exact) mass is 564 g/mol. The van der Waals surface area contributed by atoms with Gasteiger partial charge in [0.1, 0.15) is 0 Å². The van der Waals surface area contributed by atoms with Gasteiger partial charge in [0.15, 0.2) is 12.4 Å². The molecule has 0 spiro atoms. The first-order valence-electron chi connectivity index (χ1n) is 11.2. The van der Waals surface area contributed by atoms with E-state index >= 15 is 0 Å². The number of esters is 1. The Morgan fingerprint density at radius 2 is 1.86 bits per heavy atom. The molecule has 0 atom stereocenters. The van der Waals surface area contributed by atoms with Crippen molar-refractivity contribution in [2.75, 3.05) is 6.61 Å². The highest BCUT2D eigenvalue weighted by Crippen LogP contribution is 2.34. The van der Waals surface area contributed by atoms with Crippen LogP contribution in [0.4, 0.5) is 5.69 Å². The fraction of sp³-hybridized carbons (Fsp3) is 0.154. The van der Waals surface area contributed by atoms with Crippen LogP contribution in [0.1, 0.15) is 19.4 Å². The molecule has 0 aliphatic rings. The lowest BCUT2D eigenvalue weighted by Crippen LogP contribution is -2.21.